The summed E-state index contributed by atoms with van der Waals surface area (Å²) in [5.74, 6) is 0.752. The normalized spacial score (nSPS) is 16.6. The molecule has 0 radical (unpaired) electrons. The molecule has 0 aliphatic heterocycles. The van der Waals surface area contributed by atoms with Crippen LogP contribution in [0.1, 0.15) is 75.3 Å². The highest BCUT2D eigenvalue weighted by atomic mass is 16.6. The van der Waals surface area contributed by atoms with E-state index in [0.29, 0.717) is 0 Å². The lowest BCUT2D eigenvalue weighted by Crippen LogP contribution is -2.04. The summed E-state index contributed by atoms with van der Waals surface area (Å²) in [7, 11) is 0. The Balaban J connectivity index is 1.84. The molecule has 0 bridgehead atoms. The third kappa shape index (κ3) is 4.99. The molecule has 1 fully saturated rings. The predicted octanol–water partition coefficient (Wildman–Crippen LogP) is 5.28. The molecule has 0 aromatic heterocycles. The van der Waals surface area contributed by atoms with Crippen molar-refractivity contribution in [2.24, 2.45) is 5.16 Å². The molecule has 2 heteroatoms. The Morgan fingerprint density at radius 3 is 2.85 bits per heavy atom. The third-order valence-electron chi connectivity index (χ3n) is 4.10. The molecule has 0 unspecified atom stereocenters. The van der Waals surface area contributed by atoms with Gasteiger partial charge in [-0.25, -0.2) is 0 Å². The van der Waals surface area contributed by atoms with Crippen LogP contribution in [-0.4, -0.2) is 12.8 Å². The quantitative estimate of drug-likeness (QED) is 0.376. The molecular weight excluding hydrogens is 246 g/mol. The van der Waals surface area contributed by atoms with Crippen molar-refractivity contribution in [3.05, 3.63) is 35.4 Å². The zero-order chi connectivity index (χ0) is 14.0. The highest BCUT2D eigenvalue weighted by molar-refractivity contribution is 5.79. The molecule has 0 saturated heterocycles. The fourth-order valence-corrected chi connectivity index (χ4v) is 2.90. The van der Waals surface area contributed by atoms with E-state index in [1.807, 2.05) is 6.21 Å². The number of oxime groups is 1. The van der Waals surface area contributed by atoms with Gasteiger partial charge in [0.1, 0.15) is 6.61 Å². The Labute approximate surface area is 123 Å². The van der Waals surface area contributed by atoms with Gasteiger partial charge in [-0.3, -0.25) is 0 Å². The van der Waals surface area contributed by atoms with Crippen LogP contribution in [0, 0.1) is 0 Å². The summed E-state index contributed by atoms with van der Waals surface area (Å²) < 4.78 is 0. The molecule has 0 N–H and O–H groups in total. The van der Waals surface area contributed by atoms with Crippen molar-refractivity contribution in [2.75, 3.05) is 6.61 Å². The minimum atomic E-state index is 0.729. The molecule has 1 aromatic carbocycles. The highest BCUT2D eigenvalue weighted by Crippen LogP contribution is 2.32. The van der Waals surface area contributed by atoms with E-state index in [-0.39, 0.29) is 0 Å². The largest absolute Gasteiger partial charge is 0.396 e. The summed E-state index contributed by atoms with van der Waals surface area (Å²) in [5.41, 5.74) is 2.63. The molecule has 110 valence electrons. The second-order valence-corrected chi connectivity index (χ2v) is 5.78. The van der Waals surface area contributed by atoms with Crippen molar-refractivity contribution >= 4 is 6.21 Å². The third-order valence-corrected chi connectivity index (χ3v) is 4.10. The van der Waals surface area contributed by atoms with Gasteiger partial charge in [-0.05, 0) is 42.4 Å². The first-order valence-electron chi connectivity index (χ1n) is 8.15. The summed E-state index contributed by atoms with van der Waals surface area (Å²) in [5, 5.41) is 4.07. The van der Waals surface area contributed by atoms with Crippen molar-refractivity contribution in [1.82, 2.24) is 0 Å². The Kier molecular flexibility index (Phi) is 6.62. The SMILES string of the molecule is CCCCCON=Cc1cccc(C2CCCCC2)c1. The van der Waals surface area contributed by atoms with Crippen molar-refractivity contribution in [2.45, 2.75) is 64.2 Å². The summed E-state index contributed by atoms with van der Waals surface area (Å²) >= 11 is 0. The number of hydrogen-bond donors (Lipinski definition) is 0. The Morgan fingerprint density at radius 1 is 1.20 bits per heavy atom. The lowest BCUT2D eigenvalue weighted by Gasteiger charge is -2.22. The first kappa shape index (κ1) is 15.1. The van der Waals surface area contributed by atoms with Gasteiger partial charge in [0.25, 0.3) is 0 Å². The molecule has 0 amide bonds. The van der Waals surface area contributed by atoms with Crippen LogP contribution in [0.25, 0.3) is 0 Å². The molecule has 0 atom stereocenters. The van der Waals surface area contributed by atoms with Crippen LogP contribution >= 0.6 is 0 Å². The number of benzene rings is 1. The molecule has 1 aliphatic rings. The standard InChI is InChI=1S/C18H27NO/c1-2-3-7-13-20-19-15-16-9-8-12-18(14-16)17-10-5-4-6-11-17/h8-9,12,14-15,17H,2-7,10-11,13H2,1H3. The molecule has 1 aliphatic carbocycles. The van der Waals surface area contributed by atoms with Crippen LogP contribution in [-0.2, 0) is 4.84 Å². The van der Waals surface area contributed by atoms with Crippen molar-refractivity contribution in [1.29, 1.82) is 0 Å². The van der Waals surface area contributed by atoms with E-state index in [0.717, 1.165) is 24.5 Å². The second kappa shape index (κ2) is 8.78. The summed E-state index contributed by atoms with van der Waals surface area (Å²) in [6.45, 7) is 2.92. The van der Waals surface area contributed by atoms with E-state index in [2.05, 4.69) is 36.3 Å². The fraction of sp³-hybridized carbons (Fsp3) is 0.611. The van der Waals surface area contributed by atoms with Crippen molar-refractivity contribution in [3.63, 3.8) is 0 Å². The van der Waals surface area contributed by atoms with E-state index in [1.54, 1.807) is 0 Å². The lowest BCUT2D eigenvalue weighted by atomic mass is 9.84. The van der Waals surface area contributed by atoms with Gasteiger partial charge in [-0.15, -0.1) is 0 Å². The topological polar surface area (TPSA) is 21.6 Å². The maximum Gasteiger partial charge on any atom is 0.117 e. The summed E-state index contributed by atoms with van der Waals surface area (Å²) in [4.78, 5) is 5.29. The zero-order valence-electron chi connectivity index (χ0n) is 12.7. The molecular formula is C18H27NO. The molecule has 2 rings (SSSR count). The van der Waals surface area contributed by atoms with Crippen LogP contribution in [0.15, 0.2) is 29.4 Å². The first-order valence-corrected chi connectivity index (χ1v) is 8.15. The maximum absolute atomic E-state index is 5.29. The Hall–Kier alpha value is -1.31. The maximum atomic E-state index is 5.29. The van der Waals surface area contributed by atoms with Gasteiger partial charge in [-0.2, -0.15) is 0 Å². The van der Waals surface area contributed by atoms with Gasteiger partial charge in [0.15, 0.2) is 0 Å². The van der Waals surface area contributed by atoms with Crippen LogP contribution in [0.2, 0.25) is 0 Å². The van der Waals surface area contributed by atoms with E-state index < -0.39 is 0 Å². The fourth-order valence-electron chi connectivity index (χ4n) is 2.90. The number of nitrogens with zero attached hydrogens (tertiary/aromatic N) is 1. The van der Waals surface area contributed by atoms with E-state index in [4.69, 9.17) is 4.84 Å². The Bertz CT molecular complexity index is 408. The van der Waals surface area contributed by atoms with Crippen LogP contribution < -0.4 is 0 Å². The Morgan fingerprint density at radius 2 is 2.05 bits per heavy atom. The van der Waals surface area contributed by atoms with Crippen LogP contribution in [0.5, 0.6) is 0 Å². The van der Waals surface area contributed by atoms with Gasteiger partial charge in [0.05, 0.1) is 6.21 Å². The number of unbranched alkanes of at least 4 members (excludes halogenated alkanes) is 2. The lowest BCUT2D eigenvalue weighted by molar-refractivity contribution is 0.141. The molecule has 1 saturated carbocycles. The second-order valence-electron chi connectivity index (χ2n) is 5.78. The summed E-state index contributed by atoms with van der Waals surface area (Å²) in [6.07, 6.45) is 12.2. The van der Waals surface area contributed by atoms with Gasteiger partial charge in [-0.1, -0.05) is 62.4 Å². The minimum Gasteiger partial charge on any atom is -0.396 e. The van der Waals surface area contributed by atoms with Gasteiger partial charge >= 0.3 is 0 Å². The van der Waals surface area contributed by atoms with Crippen LogP contribution in [0.3, 0.4) is 0 Å². The molecule has 0 heterocycles. The molecule has 20 heavy (non-hydrogen) atoms. The zero-order valence-corrected chi connectivity index (χ0v) is 12.7. The van der Waals surface area contributed by atoms with Crippen LogP contribution in [0.4, 0.5) is 0 Å². The smallest absolute Gasteiger partial charge is 0.117 e. The van der Waals surface area contributed by atoms with Gasteiger partial charge in [0.2, 0.25) is 0 Å². The minimum absolute atomic E-state index is 0.729. The number of hydrogen-bond acceptors (Lipinski definition) is 2. The highest BCUT2D eigenvalue weighted by Gasteiger charge is 2.15. The molecule has 2 nitrogen and oxygen atoms in total. The monoisotopic (exact) mass is 273 g/mol. The van der Waals surface area contributed by atoms with Crippen molar-refractivity contribution in [3.8, 4) is 0 Å². The number of rotatable bonds is 7. The molecule has 0 spiro atoms. The van der Waals surface area contributed by atoms with Gasteiger partial charge < -0.3 is 4.84 Å². The van der Waals surface area contributed by atoms with Gasteiger partial charge in [0, 0.05) is 0 Å². The van der Waals surface area contributed by atoms with E-state index in [1.165, 1.54) is 50.5 Å². The molecule has 1 aromatic rings. The summed E-state index contributed by atoms with van der Waals surface area (Å²) in [6, 6.07) is 8.78. The van der Waals surface area contributed by atoms with E-state index in [9.17, 15) is 0 Å². The average molecular weight is 273 g/mol. The first-order chi connectivity index (χ1) is 9.90. The average Bonchev–Trinajstić information content (AvgIpc) is 2.52. The predicted molar refractivity (Wildman–Crippen MR) is 85.3 cm³/mol. The van der Waals surface area contributed by atoms with E-state index >= 15 is 0 Å². The van der Waals surface area contributed by atoms with Crippen molar-refractivity contribution < 1.29 is 4.84 Å².